The quantitative estimate of drug-likeness (QED) is 0.612. The summed E-state index contributed by atoms with van der Waals surface area (Å²) in [5, 5.41) is 6.16. The SMILES string of the molecule is CC(=O)c1c(C)[nH]c(C(=O)Nc2ccc(Cl)c(C(=O)NC3CCCCC3)c2)c1C. The minimum Gasteiger partial charge on any atom is -0.354 e. The molecule has 3 N–H and O–H groups in total. The number of aryl methyl sites for hydroxylation is 1. The molecule has 0 radical (unpaired) electrons. The molecular weight excluding hydrogens is 390 g/mol. The van der Waals surface area contributed by atoms with E-state index >= 15 is 0 Å². The van der Waals surface area contributed by atoms with Crippen molar-refractivity contribution in [3.8, 4) is 0 Å². The Balaban J connectivity index is 1.77. The summed E-state index contributed by atoms with van der Waals surface area (Å²) in [6.45, 7) is 4.97. The van der Waals surface area contributed by atoms with Gasteiger partial charge in [0.25, 0.3) is 11.8 Å². The molecule has 1 heterocycles. The highest BCUT2D eigenvalue weighted by molar-refractivity contribution is 6.34. The maximum absolute atomic E-state index is 12.7. The Kier molecular flexibility index (Phi) is 6.42. The number of halogens is 1. The molecule has 1 aliphatic carbocycles. The number of hydrogen-bond donors (Lipinski definition) is 3. The number of Topliss-reactive ketones (excluding diaryl/α,β-unsaturated/α-hetero) is 1. The number of anilines is 1. The van der Waals surface area contributed by atoms with Gasteiger partial charge in [0, 0.05) is 23.0 Å². The van der Waals surface area contributed by atoms with E-state index in [0.717, 1.165) is 25.7 Å². The van der Waals surface area contributed by atoms with Gasteiger partial charge in [0.05, 0.1) is 10.6 Å². The zero-order chi connectivity index (χ0) is 21.1. The third-order valence-corrected chi connectivity index (χ3v) is 5.76. The largest absolute Gasteiger partial charge is 0.354 e. The first kappa shape index (κ1) is 21.1. The molecule has 0 atom stereocenters. The maximum Gasteiger partial charge on any atom is 0.272 e. The van der Waals surface area contributed by atoms with Gasteiger partial charge in [0.15, 0.2) is 5.78 Å². The molecule has 1 aromatic heterocycles. The number of ketones is 1. The molecule has 154 valence electrons. The topological polar surface area (TPSA) is 91.1 Å². The molecule has 1 fully saturated rings. The summed E-state index contributed by atoms with van der Waals surface area (Å²) < 4.78 is 0. The number of hydrogen-bond acceptors (Lipinski definition) is 3. The number of nitrogens with one attached hydrogen (secondary N) is 3. The summed E-state index contributed by atoms with van der Waals surface area (Å²) in [6, 6.07) is 4.99. The van der Waals surface area contributed by atoms with E-state index in [9.17, 15) is 14.4 Å². The minimum atomic E-state index is -0.376. The highest BCUT2D eigenvalue weighted by Crippen LogP contribution is 2.24. The van der Waals surface area contributed by atoms with Gasteiger partial charge in [-0.05, 0) is 57.4 Å². The van der Waals surface area contributed by atoms with Crippen molar-refractivity contribution in [2.24, 2.45) is 0 Å². The summed E-state index contributed by atoms with van der Waals surface area (Å²) in [6.07, 6.45) is 5.39. The Labute approximate surface area is 175 Å². The highest BCUT2D eigenvalue weighted by Gasteiger charge is 2.21. The molecule has 2 amide bonds. The van der Waals surface area contributed by atoms with Crippen LogP contribution in [0.4, 0.5) is 5.69 Å². The Morgan fingerprint density at radius 2 is 1.76 bits per heavy atom. The summed E-state index contributed by atoms with van der Waals surface area (Å²) in [4.78, 5) is 40.2. The lowest BCUT2D eigenvalue weighted by Crippen LogP contribution is -2.36. The molecular formula is C22H26ClN3O3. The fraction of sp³-hybridized carbons (Fsp3) is 0.409. The van der Waals surface area contributed by atoms with Crippen LogP contribution in [0.2, 0.25) is 5.02 Å². The molecule has 3 rings (SSSR count). The van der Waals surface area contributed by atoms with E-state index in [2.05, 4.69) is 15.6 Å². The second kappa shape index (κ2) is 8.82. The zero-order valence-corrected chi connectivity index (χ0v) is 17.7. The van der Waals surface area contributed by atoms with Gasteiger partial charge in [0.1, 0.15) is 5.69 Å². The van der Waals surface area contributed by atoms with E-state index in [1.807, 2.05) is 0 Å². The van der Waals surface area contributed by atoms with E-state index in [4.69, 9.17) is 11.6 Å². The van der Waals surface area contributed by atoms with Crippen LogP contribution in [0.3, 0.4) is 0 Å². The molecule has 1 aromatic carbocycles. The van der Waals surface area contributed by atoms with Gasteiger partial charge < -0.3 is 15.6 Å². The molecule has 1 saturated carbocycles. The van der Waals surface area contributed by atoms with Crippen molar-refractivity contribution in [1.82, 2.24) is 10.3 Å². The van der Waals surface area contributed by atoms with Crippen LogP contribution in [-0.2, 0) is 0 Å². The Bertz CT molecular complexity index is 958. The van der Waals surface area contributed by atoms with Gasteiger partial charge in [-0.15, -0.1) is 0 Å². The molecule has 0 unspecified atom stereocenters. The molecule has 2 aromatic rings. The number of aromatic amines is 1. The van der Waals surface area contributed by atoms with Crippen LogP contribution in [-0.4, -0.2) is 28.6 Å². The number of carbonyl (C=O) groups is 3. The van der Waals surface area contributed by atoms with Crippen molar-refractivity contribution < 1.29 is 14.4 Å². The van der Waals surface area contributed by atoms with Crippen LogP contribution < -0.4 is 10.6 Å². The summed E-state index contributed by atoms with van der Waals surface area (Å²) in [5.41, 5.74) is 2.92. The monoisotopic (exact) mass is 415 g/mol. The van der Waals surface area contributed by atoms with E-state index in [0.29, 0.717) is 38.8 Å². The minimum absolute atomic E-state index is 0.0940. The first-order chi connectivity index (χ1) is 13.8. The van der Waals surface area contributed by atoms with Gasteiger partial charge in [0.2, 0.25) is 0 Å². The molecule has 6 nitrogen and oxygen atoms in total. The number of amides is 2. The first-order valence-corrected chi connectivity index (χ1v) is 10.3. The number of carbonyl (C=O) groups excluding carboxylic acids is 3. The fourth-order valence-electron chi connectivity index (χ4n) is 3.99. The Morgan fingerprint density at radius 1 is 1.07 bits per heavy atom. The molecule has 0 aliphatic heterocycles. The van der Waals surface area contributed by atoms with Gasteiger partial charge in [-0.2, -0.15) is 0 Å². The predicted molar refractivity (Wildman–Crippen MR) is 114 cm³/mol. The standard InChI is InChI=1S/C22H26ClN3O3/c1-12-19(14(3)27)13(2)24-20(12)22(29)26-16-9-10-18(23)17(11-16)21(28)25-15-7-5-4-6-8-15/h9-11,15,24H,4-8H2,1-3H3,(H,25,28)(H,26,29). The predicted octanol–water partition coefficient (Wildman–Crippen LogP) is 4.80. The maximum atomic E-state index is 12.7. The average molecular weight is 416 g/mol. The van der Waals surface area contributed by atoms with Crippen molar-refractivity contribution in [3.05, 3.63) is 51.3 Å². The Hall–Kier alpha value is -2.60. The van der Waals surface area contributed by atoms with Gasteiger partial charge in [-0.25, -0.2) is 0 Å². The van der Waals surface area contributed by atoms with Crippen LogP contribution in [0.25, 0.3) is 0 Å². The smallest absolute Gasteiger partial charge is 0.272 e. The number of rotatable bonds is 5. The third-order valence-electron chi connectivity index (χ3n) is 5.43. The zero-order valence-electron chi connectivity index (χ0n) is 16.9. The van der Waals surface area contributed by atoms with E-state index in [1.165, 1.54) is 13.3 Å². The molecule has 0 saturated heterocycles. The molecule has 7 heteroatoms. The van der Waals surface area contributed by atoms with Gasteiger partial charge >= 0.3 is 0 Å². The normalized spacial score (nSPS) is 14.5. The molecule has 1 aliphatic rings. The Morgan fingerprint density at radius 3 is 2.38 bits per heavy atom. The second-order valence-electron chi connectivity index (χ2n) is 7.64. The summed E-state index contributed by atoms with van der Waals surface area (Å²) in [7, 11) is 0. The van der Waals surface area contributed by atoms with Crippen LogP contribution in [0.1, 0.15) is 81.5 Å². The number of benzene rings is 1. The van der Waals surface area contributed by atoms with Gasteiger partial charge in [-0.1, -0.05) is 30.9 Å². The van der Waals surface area contributed by atoms with Crippen LogP contribution >= 0.6 is 11.6 Å². The third kappa shape index (κ3) is 4.70. The van der Waals surface area contributed by atoms with Crippen molar-refractivity contribution in [3.63, 3.8) is 0 Å². The molecule has 0 spiro atoms. The fourth-order valence-corrected chi connectivity index (χ4v) is 4.19. The van der Waals surface area contributed by atoms with Crippen LogP contribution in [0.15, 0.2) is 18.2 Å². The summed E-state index contributed by atoms with van der Waals surface area (Å²) >= 11 is 6.23. The van der Waals surface area contributed by atoms with E-state index in [1.54, 1.807) is 32.0 Å². The van der Waals surface area contributed by atoms with Crippen molar-refractivity contribution in [1.29, 1.82) is 0 Å². The lowest BCUT2D eigenvalue weighted by molar-refractivity contribution is 0.0926. The lowest BCUT2D eigenvalue weighted by atomic mass is 9.95. The van der Waals surface area contributed by atoms with E-state index in [-0.39, 0.29) is 23.6 Å². The second-order valence-corrected chi connectivity index (χ2v) is 8.05. The van der Waals surface area contributed by atoms with E-state index < -0.39 is 0 Å². The number of aromatic nitrogens is 1. The van der Waals surface area contributed by atoms with Crippen LogP contribution in [0, 0.1) is 13.8 Å². The van der Waals surface area contributed by atoms with Crippen LogP contribution in [0.5, 0.6) is 0 Å². The summed E-state index contributed by atoms with van der Waals surface area (Å²) in [5.74, 6) is -0.703. The van der Waals surface area contributed by atoms with Crippen molar-refractivity contribution in [2.45, 2.75) is 58.9 Å². The molecule has 29 heavy (non-hydrogen) atoms. The van der Waals surface area contributed by atoms with Gasteiger partial charge in [-0.3, -0.25) is 14.4 Å². The van der Waals surface area contributed by atoms with Crippen molar-refractivity contribution in [2.75, 3.05) is 5.32 Å². The van der Waals surface area contributed by atoms with Crippen molar-refractivity contribution >= 4 is 34.9 Å². The lowest BCUT2D eigenvalue weighted by Gasteiger charge is -2.23. The first-order valence-electron chi connectivity index (χ1n) is 9.89. The average Bonchev–Trinajstić information content (AvgIpc) is 2.98. The number of H-pyrrole nitrogens is 1. The molecule has 0 bridgehead atoms. The highest BCUT2D eigenvalue weighted by atomic mass is 35.5.